The highest BCUT2D eigenvalue weighted by atomic mass is 16.5. The summed E-state index contributed by atoms with van der Waals surface area (Å²) in [6.07, 6.45) is 0. The van der Waals surface area contributed by atoms with Gasteiger partial charge in [-0.25, -0.2) is 4.79 Å². The van der Waals surface area contributed by atoms with Crippen LogP contribution in [0.2, 0.25) is 0 Å². The molecule has 0 aromatic heterocycles. The fraction of sp³-hybridized carbons (Fsp3) is 0.462. The first-order valence-corrected chi connectivity index (χ1v) is 5.45. The molecular formula is C13H18O3. The summed E-state index contributed by atoms with van der Waals surface area (Å²) in [7, 11) is 1.56. The minimum Gasteiger partial charge on any atom is -0.496 e. The van der Waals surface area contributed by atoms with Crippen LogP contribution in [0.5, 0.6) is 5.75 Å². The third kappa shape index (κ3) is 2.75. The van der Waals surface area contributed by atoms with Gasteiger partial charge >= 0.3 is 5.97 Å². The normalized spacial score (nSPS) is 10.3. The van der Waals surface area contributed by atoms with Crippen LogP contribution in [0.1, 0.15) is 42.6 Å². The molecule has 0 radical (unpaired) electrons. The lowest BCUT2D eigenvalue weighted by Gasteiger charge is -2.11. The molecule has 16 heavy (non-hydrogen) atoms. The molecule has 0 amide bonds. The van der Waals surface area contributed by atoms with Crippen LogP contribution in [0, 0.1) is 0 Å². The highest BCUT2D eigenvalue weighted by Crippen LogP contribution is 2.25. The molecule has 3 nitrogen and oxygen atoms in total. The highest BCUT2D eigenvalue weighted by molar-refractivity contribution is 5.92. The predicted octanol–water partition coefficient (Wildman–Crippen LogP) is 3.00. The quantitative estimate of drug-likeness (QED) is 0.735. The van der Waals surface area contributed by atoms with Crippen LogP contribution < -0.4 is 4.74 Å². The van der Waals surface area contributed by atoms with Gasteiger partial charge in [-0.05, 0) is 30.5 Å². The number of ether oxygens (including phenoxy) is 2. The van der Waals surface area contributed by atoms with E-state index in [1.165, 1.54) is 0 Å². The lowest BCUT2D eigenvalue weighted by atomic mass is 10.0. The summed E-state index contributed by atoms with van der Waals surface area (Å²) in [6.45, 7) is 6.35. The van der Waals surface area contributed by atoms with Gasteiger partial charge in [-0.2, -0.15) is 0 Å². The Morgan fingerprint density at radius 3 is 2.56 bits per heavy atom. The van der Waals surface area contributed by atoms with Gasteiger partial charge in [-0.3, -0.25) is 0 Å². The molecule has 0 bridgehead atoms. The van der Waals surface area contributed by atoms with Crippen molar-refractivity contribution in [3.05, 3.63) is 29.3 Å². The number of benzene rings is 1. The van der Waals surface area contributed by atoms with Crippen molar-refractivity contribution in [3.63, 3.8) is 0 Å². The van der Waals surface area contributed by atoms with Gasteiger partial charge in [-0.15, -0.1) is 0 Å². The molecule has 0 N–H and O–H groups in total. The molecule has 0 heterocycles. The lowest BCUT2D eigenvalue weighted by Crippen LogP contribution is -2.07. The van der Waals surface area contributed by atoms with Crippen molar-refractivity contribution in [1.29, 1.82) is 0 Å². The van der Waals surface area contributed by atoms with Crippen LogP contribution in [0.15, 0.2) is 18.2 Å². The SMILES string of the molecule is CCOC(=O)c1ccc(C(C)C)cc1OC. The standard InChI is InChI=1S/C13H18O3/c1-5-16-13(14)11-7-6-10(9(2)3)8-12(11)15-4/h6-9H,5H2,1-4H3. The van der Waals surface area contributed by atoms with Crippen molar-refractivity contribution >= 4 is 5.97 Å². The third-order valence-electron chi connectivity index (χ3n) is 2.39. The summed E-state index contributed by atoms with van der Waals surface area (Å²) in [4.78, 5) is 11.6. The van der Waals surface area contributed by atoms with E-state index in [0.717, 1.165) is 5.56 Å². The molecule has 88 valence electrons. The van der Waals surface area contributed by atoms with Gasteiger partial charge in [0.2, 0.25) is 0 Å². The number of methoxy groups -OCH3 is 1. The second-order valence-corrected chi connectivity index (χ2v) is 3.83. The fourth-order valence-corrected chi connectivity index (χ4v) is 1.44. The van der Waals surface area contributed by atoms with Crippen molar-refractivity contribution in [2.45, 2.75) is 26.7 Å². The van der Waals surface area contributed by atoms with Crippen molar-refractivity contribution in [2.75, 3.05) is 13.7 Å². The first kappa shape index (κ1) is 12.6. The third-order valence-corrected chi connectivity index (χ3v) is 2.39. The molecule has 1 aromatic carbocycles. The molecule has 3 heteroatoms. The van der Waals surface area contributed by atoms with Crippen LogP contribution in [0.4, 0.5) is 0 Å². The molecule has 0 saturated heterocycles. The first-order valence-electron chi connectivity index (χ1n) is 5.45. The van der Waals surface area contributed by atoms with Crippen molar-refractivity contribution < 1.29 is 14.3 Å². The molecule has 0 spiro atoms. The van der Waals surface area contributed by atoms with Crippen LogP contribution in [-0.4, -0.2) is 19.7 Å². The number of hydrogen-bond donors (Lipinski definition) is 0. The zero-order chi connectivity index (χ0) is 12.1. The Labute approximate surface area is 96.4 Å². The fourth-order valence-electron chi connectivity index (χ4n) is 1.44. The maximum absolute atomic E-state index is 11.6. The van der Waals surface area contributed by atoms with E-state index in [9.17, 15) is 4.79 Å². The monoisotopic (exact) mass is 222 g/mol. The summed E-state index contributed by atoms with van der Waals surface area (Å²) in [5, 5.41) is 0. The Bertz CT molecular complexity index is 369. The van der Waals surface area contributed by atoms with Gasteiger partial charge in [0.05, 0.1) is 13.7 Å². The number of carbonyl (C=O) groups is 1. The van der Waals surface area contributed by atoms with Crippen LogP contribution >= 0.6 is 0 Å². The van der Waals surface area contributed by atoms with Crippen molar-refractivity contribution in [3.8, 4) is 5.75 Å². The molecule has 0 atom stereocenters. The predicted molar refractivity (Wildman–Crippen MR) is 63.0 cm³/mol. The Balaban J connectivity index is 3.06. The number of rotatable bonds is 4. The van der Waals surface area contributed by atoms with Crippen molar-refractivity contribution in [2.24, 2.45) is 0 Å². The minimum absolute atomic E-state index is 0.338. The maximum Gasteiger partial charge on any atom is 0.341 e. The Morgan fingerprint density at radius 2 is 2.06 bits per heavy atom. The second kappa shape index (κ2) is 5.54. The number of carbonyl (C=O) groups excluding carboxylic acids is 1. The van der Waals surface area contributed by atoms with Gasteiger partial charge in [0.1, 0.15) is 11.3 Å². The summed E-state index contributed by atoms with van der Waals surface area (Å²) in [5.41, 5.74) is 1.62. The average molecular weight is 222 g/mol. The van der Waals surface area contributed by atoms with E-state index in [4.69, 9.17) is 9.47 Å². The maximum atomic E-state index is 11.6. The molecule has 0 aliphatic rings. The van der Waals surface area contributed by atoms with E-state index in [1.54, 1.807) is 20.1 Å². The van der Waals surface area contributed by atoms with Crippen molar-refractivity contribution in [1.82, 2.24) is 0 Å². The van der Waals surface area contributed by atoms with E-state index in [2.05, 4.69) is 13.8 Å². The van der Waals surface area contributed by atoms with E-state index in [1.807, 2.05) is 12.1 Å². The topological polar surface area (TPSA) is 35.5 Å². The first-order chi connectivity index (χ1) is 7.60. The summed E-state index contributed by atoms with van der Waals surface area (Å²) >= 11 is 0. The molecular weight excluding hydrogens is 204 g/mol. The molecule has 0 unspecified atom stereocenters. The van der Waals surface area contributed by atoms with E-state index >= 15 is 0 Å². The summed E-state index contributed by atoms with van der Waals surface area (Å²) in [6, 6.07) is 5.57. The zero-order valence-electron chi connectivity index (χ0n) is 10.2. The summed E-state index contributed by atoms with van der Waals surface area (Å²) < 4.78 is 10.2. The van der Waals surface area contributed by atoms with Gasteiger partial charge in [0.15, 0.2) is 0 Å². The molecule has 1 rings (SSSR count). The minimum atomic E-state index is -0.338. The van der Waals surface area contributed by atoms with Gasteiger partial charge in [0.25, 0.3) is 0 Å². The number of hydrogen-bond acceptors (Lipinski definition) is 3. The molecule has 0 saturated carbocycles. The van der Waals surface area contributed by atoms with Gasteiger partial charge < -0.3 is 9.47 Å². The van der Waals surface area contributed by atoms with Crippen LogP contribution in [0.25, 0.3) is 0 Å². The Morgan fingerprint density at radius 1 is 1.38 bits per heavy atom. The van der Waals surface area contributed by atoms with Gasteiger partial charge in [-0.1, -0.05) is 19.9 Å². The molecule has 0 fully saturated rings. The molecule has 0 aliphatic heterocycles. The lowest BCUT2D eigenvalue weighted by molar-refractivity contribution is 0.0522. The second-order valence-electron chi connectivity index (χ2n) is 3.83. The smallest absolute Gasteiger partial charge is 0.341 e. The average Bonchev–Trinajstić information content (AvgIpc) is 2.28. The molecule has 0 aliphatic carbocycles. The summed E-state index contributed by atoms with van der Waals surface area (Å²) in [5.74, 6) is 0.643. The van der Waals surface area contributed by atoms with E-state index < -0.39 is 0 Å². The zero-order valence-corrected chi connectivity index (χ0v) is 10.2. The van der Waals surface area contributed by atoms with E-state index in [0.29, 0.717) is 23.8 Å². The van der Waals surface area contributed by atoms with Crippen LogP contribution in [-0.2, 0) is 4.74 Å². The molecule has 1 aromatic rings. The van der Waals surface area contributed by atoms with E-state index in [-0.39, 0.29) is 5.97 Å². The Hall–Kier alpha value is -1.51. The number of esters is 1. The largest absolute Gasteiger partial charge is 0.496 e. The Kier molecular flexibility index (Phi) is 4.35. The van der Waals surface area contributed by atoms with Gasteiger partial charge in [0, 0.05) is 0 Å². The highest BCUT2D eigenvalue weighted by Gasteiger charge is 2.14. The van der Waals surface area contributed by atoms with Crippen LogP contribution in [0.3, 0.4) is 0 Å².